The van der Waals surface area contributed by atoms with E-state index in [2.05, 4.69) is 10.3 Å². The molecule has 1 amide bonds. The van der Waals surface area contributed by atoms with Crippen molar-refractivity contribution in [1.29, 1.82) is 0 Å². The Balaban J connectivity index is 1.74. The third-order valence-corrected chi connectivity index (χ3v) is 3.58. The van der Waals surface area contributed by atoms with Gasteiger partial charge in [-0.05, 0) is 13.3 Å². The number of carbonyl (C=O) groups excluding carboxylic acids is 1. The van der Waals surface area contributed by atoms with Gasteiger partial charge in [-0.15, -0.1) is 11.3 Å². The summed E-state index contributed by atoms with van der Waals surface area (Å²) in [5, 5.41) is 5.91. The Hall–Kier alpha value is -1.34. The summed E-state index contributed by atoms with van der Waals surface area (Å²) in [6.45, 7) is 4.37. The minimum absolute atomic E-state index is 0.222. The van der Waals surface area contributed by atoms with Crippen LogP contribution in [0.4, 0.5) is 9.93 Å². The number of hydrogen-bond donors (Lipinski definition) is 2. The van der Waals surface area contributed by atoms with Crippen LogP contribution < -0.4 is 11.1 Å². The predicted molar refractivity (Wildman–Crippen MR) is 70.4 cm³/mol. The maximum atomic E-state index is 11.5. The van der Waals surface area contributed by atoms with Gasteiger partial charge in [-0.1, -0.05) is 0 Å². The van der Waals surface area contributed by atoms with Crippen molar-refractivity contribution in [2.75, 3.05) is 25.4 Å². The highest BCUT2D eigenvalue weighted by Gasteiger charge is 2.26. The van der Waals surface area contributed by atoms with Gasteiger partial charge in [-0.2, -0.15) is 0 Å². The molecule has 7 heteroatoms. The quantitative estimate of drug-likeness (QED) is 0.854. The molecule has 1 fully saturated rings. The van der Waals surface area contributed by atoms with Crippen LogP contribution in [0.25, 0.3) is 0 Å². The van der Waals surface area contributed by atoms with Crippen LogP contribution in [0, 0.1) is 0 Å². The fourth-order valence-corrected chi connectivity index (χ4v) is 2.52. The topological polar surface area (TPSA) is 80.5 Å². The van der Waals surface area contributed by atoms with Crippen molar-refractivity contribution < 1.29 is 9.53 Å². The van der Waals surface area contributed by atoms with Crippen molar-refractivity contribution in [2.24, 2.45) is 0 Å². The molecule has 0 saturated carbocycles. The summed E-state index contributed by atoms with van der Waals surface area (Å²) in [4.78, 5) is 17.4. The Bertz CT molecular complexity index is 410. The zero-order valence-electron chi connectivity index (χ0n) is 10.4. The zero-order chi connectivity index (χ0) is 13.0. The van der Waals surface area contributed by atoms with Crippen LogP contribution in [0.1, 0.15) is 19.0 Å². The van der Waals surface area contributed by atoms with Gasteiger partial charge in [-0.3, -0.25) is 0 Å². The maximum Gasteiger partial charge on any atom is 0.409 e. The Kier molecular flexibility index (Phi) is 4.38. The molecule has 1 aromatic rings. The van der Waals surface area contributed by atoms with Crippen molar-refractivity contribution >= 4 is 22.6 Å². The van der Waals surface area contributed by atoms with E-state index in [1.807, 2.05) is 12.3 Å². The van der Waals surface area contributed by atoms with Crippen LogP contribution in [0.2, 0.25) is 0 Å². The molecule has 1 aliphatic heterocycles. The number of amides is 1. The van der Waals surface area contributed by atoms with Crippen LogP contribution in [0.3, 0.4) is 0 Å². The monoisotopic (exact) mass is 270 g/mol. The number of aromatic nitrogens is 1. The maximum absolute atomic E-state index is 11.5. The molecule has 0 aliphatic carbocycles. The van der Waals surface area contributed by atoms with E-state index < -0.39 is 0 Å². The highest BCUT2D eigenvalue weighted by Crippen LogP contribution is 2.13. The second kappa shape index (κ2) is 6.01. The van der Waals surface area contributed by atoms with Crippen molar-refractivity contribution in [3.8, 4) is 0 Å². The first kappa shape index (κ1) is 13.1. The molecule has 0 aromatic carbocycles. The summed E-state index contributed by atoms with van der Waals surface area (Å²) in [5.74, 6) is 0. The minimum Gasteiger partial charge on any atom is -0.450 e. The van der Waals surface area contributed by atoms with Crippen LogP contribution in [-0.4, -0.2) is 41.7 Å². The molecule has 2 heterocycles. The van der Waals surface area contributed by atoms with E-state index in [1.165, 1.54) is 11.3 Å². The third-order valence-electron chi connectivity index (χ3n) is 2.86. The normalized spacial score (nSPS) is 19.2. The van der Waals surface area contributed by atoms with Crippen molar-refractivity contribution in [3.63, 3.8) is 0 Å². The van der Waals surface area contributed by atoms with Crippen LogP contribution in [0.15, 0.2) is 5.38 Å². The molecule has 1 aliphatic rings. The summed E-state index contributed by atoms with van der Waals surface area (Å²) in [6, 6.07) is 0.303. The Labute approximate surface area is 110 Å². The molecular weight excluding hydrogens is 252 g/mol. The fourth-order valence-electron chi connectivity index (χ4n) is 1.96. The van der Waals surface area contributed by atoms with Crippen molar-refractivity contribution in [2.45, 2.75) is 25.9 Å². The predicted octanol–water partition coefficient (Wildman–Crippen LogP) is 1.05. The standard InChI is InChI=1S/C11H18N4O2S/c1-2-17-11(16)15-4-3-8(6-15)13-5-9-7-18-10(12)14-9/h7-8,13H,2-6H2,1H3,(H2,12,14)/t8-/m0/s1. The highest BCUT2D eigenvalue weighted by atomic mass is 32.1. The Morgan fingerprint density at radius 3 is 3.28 bits per heavy atom. The molecule has 3 N–H and O–H groups in total. The average molecular weight is 270 g/mol. The van der Waals surface area contributed by atoms with Gasteiger partial charge in [0.15, 0.2) is 5.13 Å². The summed E-state index contributed by atoms with van der Waals surface area (Å²) in [6.07, 6.45) is 0.720. The molecule has 2 rings (SSSR count). The van der Waals surface area contributed by atoms with Crippen LogP contribution in [0.5, 0.6) is 0 Å². The lowest BCUT2D eigenvalue weighted by Crippen LogP contribution is -2.35. The van der Waals surface area contributed by atoms with Gasteiger partial charge in [0.2, 0.25) is 0 Å². The average Bonchev–Trinajstić information content (AvgIpc) is 2.95. The molecule has 0 unspecified atom stereocenters. The Morgan fingerprint density at radius 1 is 1.78 bits per heavy atom. The second-order valence-corrected chi connectivity index (χ2v) is 5.08. The SMILES string of the molecule is CCOC(=O)N1CC[C@H](NCc2csc(N)n2)C1. The number of nitrogens with one attached hydrogen (secondary N) is 1. The lowest BCUT2D eigenvalue weighted by Gasteiger charge is -2.16. The van der Waals surface area contributed by atoms with Crippen molar-refractivity contribution in [1.82, 2.24) is 15.2 Å². The van der Waals surface area contributed by atoms with E-state index in [1.54, 1.807) is 4.90 Å². The first-order chi connectivity index (χ1) is 8.69. The first-order valence-electron chi connectivity index (χ1n) is 6.04. The number of ether oxygens (including phenoxy) is 1. The lowest BCUT2D eigenvalue weighted by molar-refractivity contribution is 0.115. The van der Waals surface area contributed by atoms with Crippen LogP contribution >= 0.6 is 11.3 Å². The molecule has 1 aromatic heterocycles. The number of thiazole rings is 1. The van der Waals surface area contributed by atoms with Gasteiger partial charge in [0.1, 0.15) is 0 Å². The zero-order valence-corrected chi connectivity index (χ0v) is 11.2. The van der Waals surface area contributed by atoms with E-state index in [0.717, 1.165) is 18.7 Å². The fraction of sp³-hybridized carbons (Fsp3) is 0.636. The van der Waals surface area contributed by atoms with E-state index in [9.17, 15) is 4.79 Å². The molecule has 100 valence electrons. The molecule has 0 spiro atoms. The van der Waals surface area contributed by atoms with Crippen molar-refractivity contribution in [3.05, 3.63) is 11.1 Å². The number of likely N-dealkylation sites (tertiary alicyclic amines) is 1. The second-order valence-electron chi connectivity index (χ2n) is 4.19. The number of nitrogens with two attached hydrogens (primary N) is 1. The highest BCUT2D eigenvalue weighted by molar-refractivity contribution is 7.13. The van der Waals surface area contributed by atoms with Crippen LogP contribution in [-0.2, 0) is 11.3 Å². The molecule has 1 atom stereocenters. The number of anilines is 1. The molecule has 6 nitrogen and oxygen atoms in total. The van der Waals surface area contributed by atoms with Gasteiger partial charge < -0.3 is 20.7 Å². The summed E-state index contributed by atoms with van der Waals surface area (Å²) < 4.78 is 4.97. The summed E-state index contributed by atoms with van der Waals surface area (Å²) >= 11 is 1.44. The lowest BCUT2D eigenvalue weighted by atomic mass is 10.2. The van der Waals surface area contributed by atoms with Gasteiger partial charge in [0.05, 0.1) is 12.3 Å². The largest absolute Gasteiger partial charge is 0.450 e. The van der Waals surface area contributed by atoms with Gasteiger partial charge in [0, 0.05) is 31.1 Å². The number of rotatable bonds is 4. The molecular formula is C11H18N4O2S. The molecule has 0 radical (unpaired) electrons. The van der Waals surface area contributed by atoms with E-state index >= 15 is 0 Å². The summed E-state index contributed by atoms with van der Waals surface area (Å²) in [5.41, 5.74) is 6.52. The molecule has 18 heavy (non-hydrogen) atoms. The first-order valence-corrected chi connectivity index (χ1v) is 6.92. The number of carbonyl (C=O) groups is 1. The van der Waals surface area contributed by atoms with Gasteiger partial charge in [-0.25, -0.2) is 9.78 Å². The molecule has 0 bridgehead atoms. The number of nitrogen functional groups attached to an aromatic ring is 1. The smallest absolute Gasteiger partial charge is 0.409 e. The van der Waals surface area contributed by atoms with Gasteiger partial charge >= 0.3 is 6.09 Å². The van der Waals surface area contributed by atoms with Gasteiger partial charge in [0.25, 0.3) is 0 Å². The van der Waals surface area contributed by atoms with E-state index in [4.69, 9.17) is 10.5 Å². The Morgan fingerprint density at radius 2 is 2.61 bits per heavy atom. The number of nitrogens with zero attached hydrogens (tertiary/aromatic N) is 2. The number of hydrogen-bond acceptors (Lipinski definition) is 6. The summed E-state index contributed by atoms with van der Waals surface area (Å²) in [7, 11) is 0. The van der Waals surface area contributed by atoms with E-state index in [0.29, 0.717) is 30.9 Å². The minimum atomic E-state index is -0.222. The van der Waals surface area contributed by atoms with E-state index in [-0.39, 0.29) is 6.09 Å². The third kappa shape index (κ3) is 3.33. The molecule has 1 saturated heterocycles.